The summed E-state index contributed by atoms with van der Waals surface area (Å²) in [5.74, 6) is -0.337. The molecule has 0 radical (unpaired) electrons. The molecule has 0 heterocycles. The van der Waals surface area contributed by atoms with Crippen LogP contribution in [0.5, 0.6) is 0 Å². The van der Waals surface area contributed by atoms with Gasteiger partial charge in [0.25, 0.3) is 0 Å². The number of carboxylic acid groups (broad SMARTS) is 1. The molecule has 1 unspecified atom stereocenters. The molecule has 0 saturated carbocycles. The molecule has 1 rings (SSSR count). The van der Waals surface area contributed by atoms with E-state index in [9.17, 15) is 14.4 Å². The van der Waals surface area contributed by atoms with Gasteiger partial charge in [0.05, 0.1) is 11.7 Å². The Morgan fingerprint density at radius 1 is 1.17 bits per heavy atom. The molecular weight excluding hydrogens is 328 g/mol. The van der Waals surface area contributed by atoms with Crippen LogP contribution in [0.3, 0.4) is 0 Å². The van der Waals surface area contributed by atoms with Crippen LogP contribution in [0.2, 0.25) is 0 Å². The highest BCUT2D eigenvalue weighted by Gasteiger charge is 2.21. The first-order valence-electron chi connectivity index (χ1n) is 7.83. The van der Waals surface area contributed by atoms with Gasteiger partial charge in [-0.3, -0.25) is 14.4 Å². The number of carbonyl (C=O) groups is 3. The van der Waals surface area contributed by atoms with Gasteiger partial charge >= 0.3 is 5.97 Å². The van der Waals surface area contributed by atoms with E-state index >= 15 is 0 Å². The Balaban J connectivity index is 2.59. The molecule has 1 atom stereocenters. The Kier molecular flexibility index (Phi) is 8.32. The topological polar surface area (TPSA) is 95.5 Å². The molecule has 7 heteroatoms. The van der Waals surface area contributed by atoms with E-state index in [1.807, 2.05) is 20.8 Å². The molecule has 6 nitrogen and oxygen atoms in total. The summed E-state index contributed by atoms with van der Waals surface area (Å²) in [6, 6.07) is 6.97. The number of carbonyl (C=O) groups excluding carboxylic acids is 2. The zero-order valence-corrected chi connectivity index (χ0v) is 15.0. The van der Waals surface area contributed by atoms with Crippen molar-refractivity contribution in [2.24, 2.45) is 5.92 Å². The SMILES string of the molecule is CCSC(C(=O)Nc1ccc(CC(=O)NCC(=O)O)cc1)C(C)C. The summed E-state index contributed by atoms with van der Waals surface area (Å²) < 4.78 is 0. The Morgan fingerprint density at radius 2 is 1.79 bits per heavy atom. The van der Waals surface area contributed by atoms with Crippen LogP contribution in [-0.2, 0) is 20.8 Å². The number of hydrogen-bond donors (Lipinski definition) is 3. The molecule has 0 aliphatic rings. The van der Waals surface area contributed by atoms with Crippen molar-refractivity contribution in [3.05, 3.63) is 29.8 Å². The highest BCUT2D eigenvalue weighted by Crippen LogP contribution is 2.21. The summed E-state index contributed by atoms with van der Waals surface area (Å²) in [6.45, 7) is 5.67. The number of hydrogen-bond acceptors (Lipinski definition) is 4. The van der Waals surface area contributed by atoms with Gasteiger partial charge in [-0.1, -0.05) is 32.9 Å². The number of benzene rings is 1. The lowest BCUT2D eigenvalue weighted by molar-refractivity contribution is -0.137. The van der Waals surface area contributed by atoms with Crippen molar-refractivity contribution in [3.8, 4) is 0 Å². The summed E-state index contributed by atoms with van der Waals surface area (Å²) >= 11 is 1.62. The van der Waals surface area contributed by atoms with Gasteiger partial charge in [-0.15, -0.1) is 11.8 Å². The van der Waals surface area contributed by atoms with E-state index in [2.05, 4.69) is 10.6 Å². The summed E-state index contributed by atoms with van der Waals surface area (Å²) in [4.78, 5) is 34.3. The summed E-state index contributed by atoms with van der Waals surface area (Å²) in [5, 5.41) is 13.6. The van der Waals surface area contributed by atoms with Crippen molar-refractivity contribution < 1.29 is 19.5 Å². The lowest BCUT2D eigenvalue weighted by Gasteiger charge is -2.19. The van der Waals surface area contributed by atoms with Crippen LogP contribution in [0.1, 0.15) is 26.3 Å². The van der Waals surface area contributed by atoms with Gasteiger partial charge in [-0.25, -0.2) is 0 Å². The van der Waals surface area contributed by atoms with Crippen LogP contribution in [0.15, 0.2) is 24.3 Å². The average molecular weight is 352 g/mol. The van der Waals surface area contributed by atoms with Crippen LogP contribution in [0.25, 0.3) is 0 Å². The lowest BCUT2D eigenvalue weighted by Crippen LogP contribution is -2.30. The van der Waals surface area contributed by atoms with E-state index < -0.39 is 12.5 Å². The molecule has 0 aliphatic carbocycles. The largest absolute Gasteiger partial charge is 0.480 e. The number of nitrogens with one attached hydrogen (secondary N) is 2. The fourth-order valence-electron chi connectivity index (χ4n) is 2.09. The Labute approximate surface area is 146 Å². The number of rotatable bonds is 9. The molecule has 1 aromatic rings. The molecule has 132 valence electrons. The number of amides is 2. The number of anilines is 1. The van der Waals surface area contributed by atoms with Crippen LogP contribution in [0, 0.1) is 5.92 Å². The smallest absolute Gasteiger partial charge is 0.322 e. The summed E-state index contributed by atoms with van der Waals surface area (Å²) in [6.07, 6.45) is 0.0990. The maximum atomic E-state index is 12.3. The highest BCUT2D eigenvalue weighted by atomic mass is 32.2. The molecule has 0 aromatic heterocycles. The molecule has 0 aliphatic heterocycles. The van der Waals surface area contributed by atoms with Crippen LogP contribution < -0.4 is 10.6 Å². The first-order chi connectivity index (χ1) is 11.3. The molecular formula is C17H24N2O4S. The molecule has 0 saturated heterocycles. The number of aliphatic carboxylic acids is 1. The second kappa shape index (κ2) is 9.97. The second-order valence-corrected chi connectivity index (χ2v) is 7.07. The molecule has 24 heavy (non-hydrogen) atoms. The minimum atomic E-state index is -1.08. The van der Waals surface area contributed by atoms with E-state index in [4.69, 9.17) is 5.11 Å². The van der Waals surface area contributed by atoms with Gasteiger partial charge in [0, 0.05) is 5.69 Å². The Morgan fingerprint density at radius 3 is 2.29 bits per heavy atom. The van der Waals surface area contributed by atoms with E-state index in [1.165, 1.54) is 0 Å². The third-order valence-corrected chi connectivity index (χ3v) is 4.68. The van der Waals surface area contributed by atoms with Gasteiger partial charge in [0.1, 0.15) is 6.54 Å². The van der Waals surface area contributed by atoms with Crippen molar-refractivity contribution in [2.75, 3.05) is 17.6 Å². The standard InChI is InChI=1S/C17H24N2O4S/c1-4-24-16(11(2)3)17(23)19-13-7-5-12(6-8-13)9-14(20)18-10-15(21)22/h5-8,11,16H,4,9-10H2,1-3H3,(H,18,20)(H,19,23)(H,21,22). The first-order valence-corrected chi connectivity index (χ1v) is 8.88. The summed E-state index contributed by atoms with van der Waals surface area (Å²) in [7, 11) is 0. The molecule has 2 amide bonds. The van der Waals surface area contributed by atoms with Crippen molar-refractivity contribution in [1.82, 2.24) is 5.32 Å². The Bertz CT molecular complexity index is 572. The Hall–Kier alpha value is -2.02. The summed E-state index contributed by atoms with van der Waals surface area (Å²) in [5.41, 5.74) is 1.43. The van der Waals surface area contributed by atoms with Crippen molar-refractivity contribution >= 4 is 35.2 Å². The fraction of sp³-hybridized carbons (Fsp3) is 0.471. The van der Waals surface area contributed by atoms with Crippen LogP contribution in [0.4, 0.5) is 5.69 Å². The molecule has 0 fully saturated rings. The van der Waals surface area contributed by atoms with E-state index in [-0.39, 0.29) is 29.4 Å². The molecule has 0 bridgehead atoms. The second-order valence-electron chi connectivity index (χ2n) is 5.65. The molecule has 3 N–H and O–H groups in total. The predicted molar refractivity (Wildman–Crippen MR) is 96.2 cm³/mol. The normalized spacial score (nSPS) is 11.8. The maximum Gasteiger partial charge on any atom is 0.322 e. The van der Waals surface area contributed by atoms with E-state index in [0.717, 1.165) is 11.3 Å². The zero-order valence-electron chi connectivity index (χ0n) is 14.2. The van der Waals surface area contributed by atoms with E-state index in [0.29, 0.717) is 5.69 Å². The lowest BCUT2D eigenvalue weighted by atomic mass is 10.1. The molecule has 1 aromatic carbocycles. The minimum Gasteiger partial charge on any atom is -0.480 e. The van der Waals surface area contributed by atoms with Gasteiger partial charge in [0.15, 0.2) is 0 Å². The molecule has 0 spiro atoms. The fourth-order valence-corrected chi connectivity index (χ4v) is 3.05. The van der Waals surface area contributed by atoms with Crippen molar-refractivity contribution in [3.63, 3.8) is 0 Å². The third kappa shape index (κ3) is 7.04. The number of thioether (sulfide) groups is 1. The van der Waals surface area contributed by atoms with Gasteiger partial charge in [0.2, 0.25) is 11.8 Å². The van der Waals surface area contributed by atoms with Gasteiger partial charge in [-0.05, 0) is 29.4 Å². The first kappa shape index (κ1) is 20.0. The van der Waals surface area contributed by atoms with Gasteiger partial charge in [-0.2, -0.15) is 0 Å². The quantitative estimate of drug-likeness (QED) is 0.633. The number of carboxylic acids is 1. The van der Waals surface area contributed by atoms with Crippen LogP contribution in [-0.4, -0.2) is 40.4 Å². The zero-order chi connectivity index (χ0) is 18.1. The van der Waals surface area contributed by atoms with Crippen molar-refractivity contribution in [1.29, 1.82) is 0 Å². The highest BCUT2D eigenvalue weighted by molar-refractivity contribution is 8.00. The third-order valence-electron chi connectivity index (χ3n) is 3.23. The van der Waals surface area contributed by atoms with E-state index in [1.54, 1.807) is 36.0 Å². The van der Waals surface area contributed by atoms with Crippen molar-refractivity contribution in [2.45, 2.75) is 32.4 Å². The predicted octanol–water partition coefficient (Wildman–Crippen LogP) is 2.15. The van der Waals surface area contributed by atoms with Gasteiger partial charge < -0.3 is 15.7 Å². The maximum absolute atomic E-state index is 12.3. The monoisotopic (exact) mass is 352 g/mol. The average Bonchev–Trinajstić information content (AvgIpc) is 2.52. The minimum absolute atomic E-state index is 0.0243. The van der Waals surface area contributed by atoms with Crippen LogP contribution >= 0.6 is 11.8 Å².